The van der Waals surface area contributed by atoms with Gasteiger partial charge in [-0.15, -0.1) is 0 Å². The number of nitrogens with one attached hydrogen (secondary N) is 1. The van der Waals surface area contributed by atoms with Crippen LogP contribution in [0.5, 0.6) is 0 Å². The maximum absolute atomic E-state index is 12.5. The molecule has 0 fully saturated rings. The van der Waals surface area contributed by atoms with Crippen LogP contribution in [0.1, 0.15) is 26.4 Å². The van der Waals surface area contributed by atoms with E-state index in [-0.39, 0.29) is 16.3 Å². The van der Waals surface area contributed by atoms with Gasteiger partial charge in [0, 0.05) is 5.69 Å². The lowest BCUT2D eigenvalue weighted by atomic mass is 10.2. The zero-order valence-corrected chi connectivity index (χ0v) is 17.0. The third-order valence-corrected chi connectivity index (χ3v) is 4.46. The van der Waals surface area contributed by atoms with Crippen LogP contribution in [-0.2, 0) is 14.3 Å². The van der Waals surface area contributed by atoms with Crippen LogP contribution in [0, 0.1) is 6.92 Å². The molecule has 0 aliphatic heterocycles. The fourth-order valence-corrected chi connectivity index (χ4v) is 3.06. The van der Waals surface area contributed by atoms with Crippen molar-refractivity contribution in [1.29, 1.82) is 0 Å². The first-order chi connectivity index (χ1) is 14.4. The van der Waals surface area contributed by atoms with E-state index in [2.05, 4.69) is 15.2 Å². The molecule has 1 heterocycles. The van der Waals surface area contributed by atoms with Crippen molar-refractivity contribution in [2.45, 2.75) is 6.92 Å². The highest BCUT2D eigenvalue weighted by molar-refractivity contribution is 6.33. The summed E-state index contributed by atoms with van der Waals surface area (Å²) in [6, 6.07) is 15.3. The quantitative estimate of drug-likeness (QED) is 0.605. The number of aromatic nitrogens is 2. The largest absolute Gasteiger partial charge is 0.465 e. The second-order valence-corrected chi connectivity index (χ2v) is 6.55. The Labute approximate surface area is 177 Å². The minimum atomic E-state index is -0.766. The number of hydrogen-bond acceptors (Lipinski definition) is 6. The van der Waals surface area contributed by atoms with Crippen molar-refractivity contribution < 1.29 is 23.9 Å². The normalized spacial score (nSPS) is 10.4. The molecule has 0 saturated heterocycles. The van der Waals surface area contributed by atoms with Gasteiger partial charge >= 0.3 is 11.9 Å². The molecule has 0 aliphatic rings. The number of nitrogens with zero attached hydrogens (tertiary/aromatic N) is 2. The van der Waals surface area contributed by atoms with Crippen molar-refractivity contribution in [2.24, 2.45) is 0 Å². The van der Waals surface area contributed by atoms with Gasteiger partial charge < -0.3 is 14.8 Å². The molecule has 0 saturated carbocycles. The SMILES string of the molecule is COC(=O)c1cccc(NC(=O)COC(=O)c2c(C)nn(-c3ccccc3)c2Cl)c1. The predicted octanol–water partition coefficient (Wildman–Crippen LogP) is 3.42. The van der Waals surface area contributed by atoms with Gasteiger partial charge in [0.05, 0.1) is 24.1 Å². The molecular weight excluding hydrogens is 410 g/mol. The number of halogens is 1. The van der Waals surface area contributed by atoms with Crippen molar-refractivity contribution >= 4 is 35.1 Å². The van der Waals surface area contributed by atoms with E-state index in [1.54, 1.807) is 37.3 Å². The molecule has 1 aromatic heterocycles. The summed E-state index contributed by atoms with van der Waals surface area (Å²) in [5, 5.41) is 6.91. The number of carbonyl (C=O) groups is 3. The summed E-state index contributed by atoms with van der Waals surface area (Å²) in [6.45, 7) is 1.09. The fourth-order valence-electron chi connectivity index (χ4n) is 2.71. The third kappa shape index (κ3) is 4.66. The Bertz CT molecular complexity index is 1100. The number of rotatable bonds is 6. The van der Waals surface area contributed by atoms with Crippen LogP contribution in [0.15, 0.2) is 54.6 Å². The third-order valence-electron chi connectivity index (χ3n) is 4.11. The number of aryl methyl sites for hydroxylation is 1. The number of hydrogen-bond donors (Lipinski definition) is 1. The predicted molar refractivity (Wildman–Crippen MR) is 110 cm³/mol. The van der Waals surface area contributed by atoms with Gasteiger partial charge in [-0.2, -0.15) is 5.10 Å². The number of anilines is 1. The molecule has 0 atom stereocenters. The van der Waals surface area contributed by atoms with Crippen LogP contribution < -0.4 is 5.32 Å². The average Bonchev–Trinajstić information content (AvgIpc) is 3.06. The molecule has 3 rings (SSSR count). The number of carbonyl (C=O) groups excluding carboxylic acids is 3. The van der Waals surface area contributed by atoms with Crippen LogP contribution >= 0.6 is 11.6 Å². The fraction of sp³-hybridized carbons (Fsp3) is 0.143. The Morgan fingerprint density at radius 3 is 2.50 bits per heavy atom. The van der Waals surface area contributed by atoms with E-state index < -0.39 is 24.5 Å². The second kappa shape index (κ2) is 9.23. The number of amides is 1. The minimum absolute atomic E-state index is 0.0843. The van der Waals surface area contributed by atoms with E-state index in [0.717, 1.165) is 0 Å². The van der Waals surface area contributed by atoms with Gasteiger partial charge in [0.1, 0.15) is 10.7 Å². The van der Waals surface area contributed by atoms with E-state index >= 15 is 0 Å². The van der Waals surface area contributed by atoms with Crippen molar-refractivity contribution in [2.75, 3.05) is 19.0 Å². The Morgan fingerprint density at radius 2 is 1.80 bits per heavy atom. The summed E-state index contributed by atoms with van der Waals surface area (Å²) in [7, 11) is 1.26. The van der Waals surface area contributed by atoms with Crippen LogP contribution in [0.25, 0.3) is 5.69 Å². The standard InChI is InChI=1S/C21H18ClN3O5/c1-13-18(19(22)25(24-13)16-9-4-3-5-10-16)21(28)30-12-17(26)23-15-8-6-7-14(11-15)20(27)29-2/h3-11H,12H2,1-2H3,(H,23,26). The van der Waals surface area contributed by atoms with Gasteiger partial charge in [-0.1, -0.05) is 35.9 Å². The average molecular weight is 428 g/mol. The van der Waals surface area contributed by atoms with Gasteiger partial charge in [0.2, 0.25) is 0 Å². The second-order valence-electron chi connectivity index (χ2n) is 6.20. The van der Waals surface area contributed by atoms with E-state index in [9.17, 15) is 14.4 Å². The van der Waals surface area contributed by atoms with Crippen LogP contribution in [0.3, 0.4) is 0 Å². The minimum Gasteiger partial charge on any atom is -0.465 e. The highest BCUT2D eigenvalue weighted by Crippen LogP contribution is 2.24. The Balaban J connectivity index is 1.66. The van der Waals surface area contributed by atoms with Gasteiger partial charge in [-0.3, -0.25) is 4.79 Å². The summed E-state index contributed by atoms with van der Waals surface area (Å²) in [5.74, 6) is -1.87. The Kier molecular flexibility index (Phi) is 6.48. The van der Waals surface area contributed by atoms with Crippen molar-refractivity contribution in [3.63, 3.8) is 0 Å². The number of methoxy groups -OCH3 is 1. The van der Waals surface area contributed by atoms with Crippen LogP contribution in [-0.4, -0.2) is 41.3 Å². The molecule has 0 aliphatic carbocycles. The molecule has 9 heteroatoms. The Hall–Kier alpha value is -3.65. The van der Waals surface area contributed by atoms with Crippen molar-refractivity contribution in [3.8, 4) is 5.69 Å². The molecule has 0 unspecified atom stereocenters. The zero-order chi connectivity index (χ0) is 21.7. The van der Waals surface area contributed by atoms with Crippen LogP contribution in [0.4, 0.5) is 5.69 Å². The molecular formula is C21H18ClN3O5. The molecule has 0 bridgehead atoms. The van der Waals surface area contributed by atoms with E-state index in [1.165, 1.54) is 17.9 Å². The molecule has 1 amide bonds. The number of benzene rings is 2. The summed E-state index contributed by atoms with van der Waals surface area (Å²) >= 11 is 6.32. The number of para-hydroxylation sites is 1. The van der Waals surface area contributed by atoms with Gasteiger partial charge in [-0.25, -0.2) is 14.3 Å². The maximum atomic E-state index is 12.5. The summed E-state index contributed by atoms with van der Waals surface area (Å²) < 4.78 is 11.2. The summed E-state index contributed by atoms with van der Waals surface area (Å²) in [6.07, 6.45) is 0. The lowest BCUT2D eigenvalue weighted by Crippen LogP contribution is -2.21. The zero-order valence-electron chi connectivity index (χ0n) is 16.2. The number of ether oxygens (including phenoxy) is 2. The highest BCUT2D eigenvalue weighted by Gasteiger charge is 2.23. The Morgan fingerprint density at radius 1 is 1.07 bits per heavy atom. The van der Waals surface area contributed by atoms with Gasteiger partial charge in [0.15, 0.2) is 6.61 Å². The lowest BCUT2D eigenvalue weighted by molar-refractivity contribution is -0.119. The smallest absolute Gasteiger partial charge is 0.343 e. The monoisotopic (exact) mass is 427 g/mol. The van der Waals surface area contributed by atoms with E-state index in [0.29, 0.717) is 17.1 Å². The molecule has 154 valence electrons. The summed E-state index contributed by atoms with van der Waals surface area (Å²) in [5.41, 5.74) is 1.79. The molecule has 3 aromatic rings. The van der Waals surface area contributed by atoms with E-state index in [1.807, 2.05) is 18.2 Å². The molecule has 8 nitrogen and oxygen atoms in total. The molecule has 1 N–H and O–H groups in total. The van der Waals surface area contributed by atoms with Gasteiger partial charge in [-0.05, 0) is 37.3 Å². The first-order valence-electron chi connectivity index (χ1n) is 8.86. The molecule has 30 heavy (non-hydrogen) atoms. The first-order valence-corrected chi connectivity index (χ1v) is 9.24. The lowest BCUT2D eigenvalue weighted by Gasteiger charge is -2.08. The van der Waals surface area contributed by atoms with E-state index in [4.69, 9.17) is 16.3 Å². The summed E-state index contributed by atoms with van der Waals surface area (Å²) in [4.78, 5) is 36.2. The van der Waals surface area contributed by atoms with Crippen molar-refractivity contribution in [1.82, 2.24) is 9.78 Å². The molecule has 0 spiro atoms. The van der Waals surface area contributed by atoms with Gasteiger partial charge in [0.25, 0.3) is 5.91 Å². The van der Waals surface area contributed by atoms with Crippen molar-refractivity contribution in [3.05, 3.63) is 76.6 Å². The topological polar surface area (TPSA) is 99.5 Å². The highest BCUT2D eigenvalue weighted by atomic mass is 35.5. The molecule has 0 radical (unpaired) electrons. The maximum Gasteiger partial charge on any atom is 0.343 e. The molecule has 2 aromatic carbocycles. The van der Waals surface area contributed by atoms with Crippen LogP contribution in [0.2, 0.25) is 5.15 Å². The number of esters is 2. The first kappa shape index (κ1) is 21.1.